The number of carbonyl (C=O) groups is 3. The Morgan fingerprint density at radius 1 is 0.870 bits per heavy atom. The van der Waals surface area contributed by atoms with Crippen molar-refractivity contribution >= 4 is 25.1 Å². The van der Waals surface area contributed by atoms with Crippen LogP contribution in [0.3, 0.4) is 0 Å². The molecule has 46 heavy (non-hydrogen) atoms. The predicted molar refractivity (Wildman–Crippen MR) is 157 cm³/mol. The lowest BCUT2D eigenvalue weighted by Crippen LogP contribution is -2.57. The maximum Gasteiger partial charge on any atom is 0.459 e. The van der Waals surface area contributed by atoms with Crippen molar-refractivity contribution in [3.05, 3.63) is 71.3 Å². The van der Waals surface area contributed by atoms with Gasteiger partial charge in [0, 0.05) is 42.5 Å². The van der Waals surface area contributed by atoms with Crippen molar-refractivity contribution < 1.29 is 54.6 Å². The Bertz CT molecular complexity index is 1390. The first kappa shape index (κ1) is 38.7. The number of alkyl halides is 7. The Kier molecular flexibility index (Phi) is 13.4. The van der Waals surface area contributed by atoms with E-state index in [2.05, 4.69) is 5.32 Å². The third kappa shape index (κ3) is 10.3. The summed E-state index contributed by atoms with van der Waals surface area (Å²) in [6, 6.07) is 12.7. The van der Waals surface area contributed by atoms with Gasteiger partial charge in [-0.15, -0.1) is 0 Å². The Morgan fingerprint density at radius 3 is 1.98 bits per heavy atom. The molecule has 0 radical (unpaired) electrons. The van der Waals surface area contributed by atoms with Gasteiger partial charge in [0.25, 0.3) is 11.8 Å². The van der Waals surface area contributed by atoms with Crippen LogP contribution < -0.4 is 10.6 Å². The van der Waals surface area contributed by atoms with E-state index in [4.69, 9.17) is 0 Å². The monoisotopic (exact) mass is 683 g/mol. The van der Waals surface area contributed by atoms with Crippen LogP contribution in [0.25, 0.3) is 0 Å². The summed E-state index contributed by atoms with van der Waals surface area (Å²) in [6.07, 6.45) is -6.64. The molecule has 0 aliphatic rings. The second-order valence-electron chi connectivity index (χ2n) is 10.9. The topological polar surface area (TPSA) is 116 Å². The molecule has 256 valence electrons. The van der Waals surface area contributed by atoms with E-state index in [1.165, 1.54) is 23.5 Å². The molecule has 3 atom stereocenters. The summed E-state index contributed by atoms with van der Waals surface area (Å²) in [5.74, 6) is -16.1. The van der Waals surface area contributed by atoms with Gasteiger partial charge in [0.15, 0.2) is 0 Å². The molecule has 0 saturated heterocycles. The zero-order chi connectivity index (χ0) is 34.9. The van der Waals surface area contributed by atoms with Gasteiger partial charge in [-0.3, -0.25) is 18.9 Å². The van der Waals surface area contributed by atoms with E-state index in [0.717, 1.165) is 19.8 Å². The molecule has 2 aromatic carbocycles. The molecule has 0 bridgehead atoms. The molecule has 3 N–H and O–H groups in total. The number of halogens is 7. The average molecular weight is 684 g/mol. The van der Waals surface area contributed by atoms with E-state index in [1.54, 1.807) is 41.3 Å². The zero-order valence-corrected chi connectivity index (χ0v) is 26.3. The van der Waals surface area contributed by atoms with Gasteiger partial charge < -0.3 is 20.4 Å². The number of hydrogen-bond acceptors (Lipinski definition) is 4. The van der Waals surface area contributed by atoms with Crippen molar-refractivity contribution in [2.45, 2.75) is 57.7 Å². The van der Waals surface area contributed by atoms with E-state index < -0.39 is 68.0 Å². The number of nitrogens with zero attached hydrogens (tertiary/aromatic N) is 1. The van der Waals surface area contributed by atoms with Gasteiger partial charge in [-0.05, 0) is 36.6 Å². The van der Waals surface area contributed by atoms with Crippen LogP contribution in [-0.2, 0) is 9.36 Å². The summed E-state index contributed by atoms with van der Waals surface area (Å²) >= 11 is 0. The van der Waals surface area contributed by atoms with E-state index in [0.29, 0.717) is 18.7 Å². The normalized spacial score (nSPS) is 14.9. The van der Waals surface area contributed by atoms with Crippen molar-refractivity contribution in [3.8, 4) is 0 Å². The molecule has 0 saturated carbocycles. The lowest BCUT2D eigenvalue weighted by molar-refractivity contribution is -0.352. The van der Waals surface area contributed by atoms with E-state index in [-0.39, 0.29) is 17.0 Å². The minimum Gasteiger partial charge on any atom is -0.350 e. The molecule has 0 heterocycles. The third-order valence-corrected chi connectivity index (χ3v) is 8.98. The van der Waals surface area contributed by atoms with Crippen LogP contribution in [0.4, 0.5) is 30.7 Å². The molecular weight excluding hydrogens is 646 g/mol. The number of hydrogen-bond donors (Lipinski definition) is 3. The second kappa shape index (κ2) is 15.9. The molecule has 16 heteroatoms. The van der Waals surface area contributed by atoms with E-state index in [1.807, 2.05) is 13.8 Å². The van der Waals surface area contributed by atoms with Gasteiger partial charge in [-0.1, -0.05) is 57.2 Å². The molecular formula is C30H37F7N3O5P. The van der Waals surface area contributed by atoms with Gasteiger partial charge in [0.05, 0.1) is 12.6 Å². The fourth-order valence-corrected chi connectivity index (χ4v) is 6.60. The maximum absolute atomic E-state index is 13.6. The number of rotatable bonds is 16. The third-order valence-electron chi connectivity index (χ3n) is 6.93. The van der Waals surface area contributed by atoms with Crippen LogP contribution in [0.2, 0.25) is 0 Å². The Morgan fingerprint density at radius 2 is 1.43 bits per heavy atom. The number of carbonyl (C=O) groups excluding carboxylic acids is 3. The summed E-state index contributed by atoms with van der Waals surface area (Å²) in [5, 5.41) is 3.94. The van der Waals surface area contributed by atoms with Crippen LogP contribution >= 0.6 is 7.37 Å². The molecule has 2 rings (SSSR count). The maximum atomic E-state index is 13.6. The van der Waals surface area contributed by atoms with Crippen molar-refractivity contribution in [1.82, 2.24) is 15.5 Å². The van der Waals surface area contributed by atoms with Gasteiger partial charge in [-0.2, -0.15) is 30.7 Å². The first-order valence-electron chi connectivity index (χ1n) is 14.4. The predicted octanol–water partition coefficient (Wildman–Crippen LogP) is 6.28. The Labute approximate surface area is 262 Å². The summed E-state index contributed by atoms with van der Waals surface area (Å²) in [5.41, 5.74) is 0.731. The minimum absolute atomic E-state index is 0.0804. The molecule has 0 spiro atoms. The first-order chi connectivity index (χ1) is 21.3. The number of benzene rings is 2. The molecule has 0 aliphatic heterocycles. The van der Waals surface area contributed by atoms with Crippen LogP contribution in [0.5, 0.6) is 0 Å². The average Bonchev–Trinajstić information content (AvgIpc) is 2.98. The van der Waals surface area contributed by atoms with Crippen LogP contribution in [0, 0.1) is 5.92 Å². The SMILES string of the molecule is CCCN(CCC)C(=O)c1cccc(C(=O)N[C@H](CP(=O)(O)CC(C)C(=O)NCC(F)(F)C(F)(F)C(F)(F)F)c2ccccc2)c1. The number of nitrogens with one attached hydrogen (secondary N) is 2. The molecule has 0 aromatic heterocycles. The van der Waals surface area contributed by atoms with Crippen LogP contribution in [-0.4, -0.2) is 77.5 Å². The van der Waals surface area contributed by atoms with Gasteiger partial charge in [0.1, 0.15) is 0 Å². The lowest BCUT2D eigenvalue weighted by atomic mass is 10.1. The highest BCUT2D eigenvalue weighted by Crippen LogP contribution is 2.47. The lowest BCUT2D eigenvalue weighted by Gasteiger charge is -2.28. The number of amides is 3. The van der Waals surface area contributed by atoms with Gasteiger partial charge in [-0.25, -0.2) is 0 Å². The van der Waals surface area contributed by atoms with E-state index >= 15 is 0 Å². The van der Waals surface area contributed by atoms with Crippen molar-refractivity contribution in [1.29, 1.82) is 0 Å². The minimum atomic E-state index is -6.58. The van der Waals surface area contributed by atoms with Crippen molar-refractivity contribution in [2.24, 2.45) is 5.92 Å². The summed E-state index contributed by atoms with van der Waals surface area (Å²) in [6.45, 7) is 3.53. The van der Waals surface area contributed by atoms with Crippen molar-refractivity contribution in [3.63, 3.8) is 0 Å². The summed E-state index contributed by atoms with van der Waals surface area (Å²) in [4.78, 5) is 51.0. The smallest absolute Gasteiger partial charge is 0.350 e. The highest BCUT2D eigenvalue weighted by Gasteiger charge is 2.72. The van der Waals surface area contributed by atoms with Crippen LogP contribution in [0.1, 0.15) is 65.9 Å². The zero-order valence-electron chi connectivity index (χ0n) is 25.4. The Balaban J connectivity index is 2.20. The fraction of sp³-hybridized carbons (Fsp3) is 0.500. The molecule has 0 fully saturated rings. The molecule has 0 aliphatic carbocycles. The fourth-order valence-electron chi connectivity index (χ4n) is 4.55. The summed E-state index contributed by atoms with van der Waals surface area (Å²) in [7, 11) is -4.40. The first-order valence-corrected chi connectivity index (χ1v) is 16.4. The van der Waals surface area contributed by atoms with Crippen LogP contribution in [0.15, 0.2) is 54.6 Å². The van der Waals surface area contributed by atoms with Crippen molar-refractivity contribution in [2.75, 3.05) is 32.0 Å². The van der Waals surface area contributed by atoms with Gasteiger partial charge in [0.2, 0.25) is 13.3 Å². The van der Waals surface area contributed by atoms with Gasteiger partial charge >= 0.3 is 18.0 Å². The quantitative estimate of drug-likeness (QED) is 0.143. The molecule has 8 nitrogen and oxygen atoms in total. The molecule has 2 unspecified atom stereocenters. The molecule has 2 aromatic rings. The van der Waals surface area contributed by atoms with E-state index in [9.17, 15) is 54.6 Å². The highest BCUT2D eigenvalue weighted by atomic mass is 31.2. The Hall–Kier alpha value is -3.45. The molecule has 3 amide bonds. The second-order valence-corrected chi connectivity index (χ2v) is 13.3. The summed E-state index contributed by atoms with van der Waals surface area (Å²) < 4.78 is 104. The largest absolute Gasteiger partial charge is 0.459 e. The standard InChI is InChI=1S/C30H37F7N3O5P/c1-4-14-40(15-5-2)27(43)23-13-9-12-22(16-23)26(42)39-24(21-10-7-6-8-11-21)18-46(44,45)17-20(3)25(41)38-19-28(31,32)29(33,34)30(35,36)37/h6-13,16,20,24H,4-5,14-15,17-19H2,1-3H3,(H,38,41)(H,39,42)(H,44,45)/t20?,24-/m1/s1. The highest BCUT2D eigenvalue weighted by molar-refractivity contribution is 7.58.